The molecule has 6 heteroatoms. The molecule has 0 bridgehead atoms. The highest BCUT2D eigenvalue weighted by molar-refractivity contribution is 7.84. The van der Waals surface area contributed by atoms with Crippen LogP contribution in [0.5, 0.6) is 0 Å². The van der Waals surface area contributed by atoms with Gasteiger partial charge in [0.1, 0.15) is 5.03 Å². The molecule has 0 saturated heterocycles. The van der Waals surface area contributed by atoms with Crippen molar-refractivity contribution in [2.24, 2.45) is 0 Å². The van der Waals surface area contributed by atoms with Gasteiger partial charge in [-0.15, -0.1) is 0 Å². The van der Waals surface area contributed by atoms with E-state index >= 15 is 0 Å². The van der Waals surface area contributed by atoms with Crippen molar-refractivity contribution in [1.82, 2.24) is 14.8 Å². The van der Waals surface area contributed by atoms with Crippen LogP contribution in [0.1, 0.15) is 38.4 Å². The molecule has 2 heterocycles. The van der Waals surface area contributed by atoms with E-state index in [0.717, 1.165) is 18.5 Å². The highest BCUT2D eigenvalue weighted by Gasteiger charge is 2.13. The molecule has 0 fully saturated rings. The molecule has 0 aliphatic carbocycles. The number of anilines is 1. The molecular formula is C14H20N4OS. The normalized spacial score (nSPS) is 12.8. The molecule has 20 heavy (non-hydrogen) atoms. The van der Waals surface area contributed by atoms with Gasteiger partial charge in [-0.05, 0) is 31.0 Å². The van der Waals surface area contributed by atoms with E-state index in [1.54, 1.807) is 18.3 Å². The first-order valence-corrected chi connectivity index (χ1v) is 8.10. The minimum Gasteiger partial charge on any atom is -0.396 e. The van der Waals surface area contributed by atoms with Crippen molar-refractivity contribution in [3.8, 4) is 0 Å². The second-order valence-corrected chi connectivity index (χ2v) is 6.01. The average molecular weight is 292 g/mol. The van der Waals surface area contributed by atoms with Crippen LogP contribution in [0.15, 0.2) is 35.6 Å². The quantitative estimate of drug-likeness (QED) is 0.888. The van der Waals surface area contributed by atoms with Crippen molar-refractivity contribution in [3.05, 3.63) is 36.3 Å². The zero-order valence-corrected chi connectivity index (χ0v) is 12.6. The van der Waals surface area contributed by atoms with E-state index in [1.165, 1.54) is 0 Å². The van der Waals surface area contributed by atoms with Crippen LogP contribution in [0.25, 0.3) is 0 Å². The molecule has 1 atom stereocenters. The summed E-state index contributed by atoms with van der Waals surface area (Å²) in [5.74, 6) is 0.342. The van der Waals surface area contributed by atoms with Crippen LogP contribution < -0.4 is 5.73 Å². The van der Waals surface area contributed by atoms with E-state index in [2.05, 4.69) is 23.9 Å². The standard InChI is InChI=1S/C14H20N4OS/c1-3-12(4-2)18-9-7-11(17-18)10-20(19)14-13(15)6-5-8-16-14/h5-9,12H,3-4,10,15H2,1-2H3. The maximum absolute atomic E-state index is 12.3. The molecule has 108 valence electrons. The van der Waals surface area contributed by atoms with Crippen molar-refractivity contribution in [2.75, 3.05) is 5.73 Å². The fourth-order valence-corrected chi connectivity index (χ4v) is 3.19. The zero-order valence-electron chi connectivity index (χ0n) is 11.8. The number of rotatable bonds is 6. The van der Waals surface area contributed by atoms with Crippen LogP contribution in [0.2, 0.25) is 0 Å². The van der Waals surface area contributed by atoms with Crippen LogP contribution in [0.3, 0.4) is 0 Å². The van der Waals surface area contributed by atoms with Crippen LogP contribution in [0.4, 0.5) is 5.69 Å². The van der Waals surface area contributed by atoms with Crippen molar-refractivity contribution >= 4 is 16.5 Å². The van der Waals surface area contributed by atoms with Gasteiger partial charge in [0, 0.05) is 12.4 Å². The fraction of sp³-hybridized carbons (Fsp3) is 0.429. The maximum atomic E-state index is 12.3. The predicted octanol–water partition coefficient (Wildman–Crippen LogP) is 2.53. The Labute approximate surface area is 121 Å². The Morgan fingerprint density at radius 3 is 2.75 bits per heavy atom. The van der Waals surface area contributed by atoms with Crippen LogP contribution in [-0.2, 0) is 16.6 Å². The molecule has 2 aromatic rings. The summed E-state index contributed by atoms with van der Waals surface area (Å²) in [5.41, 5.74) is 7.06. The number of nitrogens with two attached hydrogens (primary N) is 1. The van der Waals surface area contributed by atoms with E-state index in [1.807, 2.05) is 16.9 Å². The maximum Gasteiger partial charge on any atom is 0.150 e. The van der Waals surface area contributed by atoms with Gasteiger partial charge in [0.05, 0.1) is 34.0 Å². The number of nitrogen functional groups attached to an aromatic ring is 1. The lowest BCUT2D eigenvalue weighted by Crippen LogP contribution is -2.09. The van der Waals surface area contributed by atoms with Gasteiger partial charge < -0.3 is 5.73 Å². The molecule has 2 N–H and O–H groups in total. The summed E-state index contributed by atoms with van der Waals surface area (Å²) in [6.07, 6.45) is 5.63. The van der Waals surface area contributed by atoms with Crippen molar-refractivity contribution in [2.45, 2.75) is 43.5 Å². The van der Waals surface area contributed by atoms with E-state index in [9.17, 15) is 4.21 Å². The molecule has 0 saturated carbocycles. The Bertz CT molecular complexity index is 592. The zero-order chi connectivity index (χ0) is 14.5. The molecule has 0 radical (unpaired) electrons. The van der Waals surface area contributed by atoms with Gasteiger partial charge in [-0.25, -0.2) is 4.98 Å². The number of hydrogen-bond acceptors (Lipinski definition) is 4. The van der Waals surface area contributed by atoms with Gasteiger partial charge in [-0.1, -0.05) is 13.8 Å². The summed E-state index contributed by atoms with van der Waals surface area (Å²) >= 11 is 0. The Kier molecular flexibility index (Phi) is 4.89. The Morgan fingerprint density at radius 2 is 2.10 bits per heavy atom. The Balaban J connectivity index is 2.11. The minimum absolute atomic E-state index is 0.342. The highest BCUT2D eigenvalue weighted by atomic mass is 32.2. The van der Waals surface area contributed by atoms with E-state index < -0.39 is 10.8 Å². The largest absolute Gasteiger partial charge is 0.396 e. The molecule has 0 aromatic carbocycles. The Hall–Kier alpha value is -1.69. The molecule has 0 spiro atoms. The molecule has 0 amide bonds. The van der Waals surface area contributed by atoms with Gasteiger partial charge in [0.25, 0.3) is 0 Å². The van der Waals surface area contributed by atoms with Crippen LogP contribution in [0, 0.1) is 0 Å². The SMILES string of the molecule is CCC(CC)n1ccc(CS(=O)c2ncccc2N)n1. The third-order valence-corrected chi connectivity index (χ3v) is 4.61. The summed E-state index contributed by atoms with van der Waals surface area (Å²) in [4.78, 5) is 4.09. The number of pyridine rings is 1. The molecule has 2 aromatic heterocycles. The first-order chi connectivity index (χ1) is 9.65. The molecular weight excluding hydrogens is 272 g/mol. The lowest BCUT2D eigenvalue weighted by molar-refractivity contribution is 0.426. The average Bonchev–Trinajstić information content (AvgIpc) is 2.89. The lowest BCUT2D eigenvalue weighted by Gasteiger charge is -2.12. The summed E-state index contributed by atoms with van der Waals surface area (Å²) in [6.45, 7) is 4.28. The second kappa shape index (κ2) is 6.65. The van der Waals surface area contributed by atoms with Gasteiger partial charge in [0.15, 0.2) is 0 Å². The number of hydrogen-bond donors (Lipinski definition) is 1. The smallest absolute Gasteiger partial charge is 0.150 e. The molecule has 1 unspecified atom stereocenters. The third-order valence-electron chi connectivity index (χ3n) is 3.28. The summed E-state index contributed by atoms with van der Waals surface area (Å²) in [6, 6.07) is 5.76. The summed E-state index contributed by atoms with van der Waals surface area (Å²) < 4.78 is 14.2. The minimum atomic E-state index is -1.26. The number of nitrogens with zero attached hydrogens (tertiary/aromatic N) is 3. The van der Waals surface area contributed by atoms with Crippen molar-refractivity contribution in [1.29, 1.82) is 0 Å². The van der Waals surface area contributed by atoms with Gasteiger partial charge >= 0.3 is 0 Å². The highest BCUT2D eigenvalue weighted by Crippen LogP contribution is 2.18. The number of aromatic nitrogens is 3. The molecule has 0 aliphatic rings. The Morgan fingerprint density at radius 1 is 1.35 bits per heavy atom. The monoisotopic (exact) mass is 292 g/mol. The van der Waals surface area contributed by atoms with Gasteiger partial charge in [-0.3, -0.25) is 8.89 Å². The van der Waals surface area contributed by atoms with Gasteiger partial charge in [0.2, 0.25) is 0 Å². The molecule has 0 aliphatic heterocycles. The summed E-state index contributed by atoms with van der Waals surface area (Å²) in [7, 11) is -1.26. The molecule has 2 rings (SSSR count). The first kappa shape index (κ1) is 14.7. The van der Waals surface area contributed by atoms with E-state index in [4.69, 9.17) is 5.73 Å². The lowest BCUT2D eigenvalue weighted by atomic mass is 10.2. The van der Waals surface area contributed by atoms with Crippen LogP contribution in [-0.4, -0.2) is 19.0 Å². The van der Waals surface area contributed by atoms with Gasteiger partial charge in [-0.2, -0.15) is 5.10 Å². The first-order valence-electron chi connectivity index (χ1n) is 6.78. The van der Waals surface area contributed by atoms with E-state index in [0.29, 0.717) is 22.5 Å². The third kappa shape index (κ3) is 3.25. The fourth-order valence-electron chi connectivity index (χ4n) is 2.12. The van der Waals surface area contributed by atoms with Crippen molar-refractivity contribution in [3.63, 3.8) is 0 Å². The predicted molar refractivity (Wildman–Crippen MR) is 80.6 cm³/mol. The van der Waals surface area contributed by atoms with Crippen LogP contribution >= 0.6 is 0 Å². The van der Waals surface area contributed by atoms with Crippen molar-refractivity contribution < 1.29 is 4.21 Å². The van der Waals surface area contributed by atoms with E-state index in [-0.39, 0.29) is 0 Å². The topological polar surface area (TPSA) is 73.8 Å². The second-order valence-electron chi connectivity index (χ2n) is 4.65. The molecule has 5 nitrogen and oxygen atoms in total. The summed E-state index contributed by atoms with van der Waals surface area (Å²) in [5, 5.41) is 4.94.